The van der Waals surface area contributed by atoms with Gasteiger partial charge in [0.2, 0.25) is 0 Å². The lowest BCUT2D eigenvalue weighted by atomic mass is 9.91. The van der Waals surface area contributed by atoms with Crippen LogP contribution in [0.3, 0.4) is 0 Å². The number of ether oxygens (including phenoxy) is 8. The molecule has 13 heteroatoms. The minimum Gasteiger partial charge on any atom is -0.497 e. The van der Waals surface area contributed by atoms with Crippen LogP contribution in [0.15, 0.2) is 291 Å². The molecule has 0 aliphatic carbocycles. The molecule has 12 nitrogen and oxygen atoms in total. The standard InChI is InChI=1S/C84H72N4O8S/c1-89-73-41-25-65(26-42-73)85(66-27-43-74(90-2)44-28-66)61-17-9-57(10-18-61)81-82(58-11-19-62(20-12-58)86(67-29-45-75(91-3)46-30-67)68-31-47-76(92-4)48-32-68)84(60-15-23-64(24-16-60)88(71-37-53-79(95-7)54-38-71)72-39-55-80(96-8)56-40-72)97-83(81)59-13-21-63(22-14-59)87(69-33-49-77(93-5)50-34-69)70-35-51-78(94-6)52-36-70/h9-56H,1-8H3. The molecule has 0 fully saturated rings. The summed E-state index contributed by atoms with van der Waals surface area (Å²) in [5, 5.41) is 0. The maximum absolute atomic E-state index is 5.63. The Labute approximate surface area is 571 Å². The summed E-state index contributed by atoms with van der Waals surface area (Å²) in [6, 6.07) is 101. The van der Waals surface area contributed by atoms with E-state index in [2.05, 4.69) is 214 Å². The first-order chi connectivity index (χ1) is 47.7. The lowest BCUT2D eigenvalue weighted by molar-refractivity contribution is 0.414. The van der Waals surface area contributed by atoms with Gasteiger partial charge in [0.15, 0.2) is 0 Å². The van der Waals surface area contributed by atoms with Gasteiger partial charge in [-0.15, -0.1) is 11.3 Å². The van der Waals surface area contributed by atoms with E-state index in [9.17, 15) is 0 Å². The van der Waals surface area contributed by atoms with E-state index in [1.807, 2.05) is 97.1 Å². The first kappa shape index (κ1) is 63.7. The molecule has 97 heavy (non-hydrogen) atoms. The highest BCUT2D eigenvalue weighted by Gasteiger charge is 2.27. The van der Waals surface area contributed by atoms with Crippen LogP contribution >= 0.6 is 11.3 Å². The first-order valence-electron chi connectivity index (χ1n) is 31.6. The highest BCUT2D eigenvalue weighted by molar-refractivity contribution is 7.20. The monoisotopic (exact) mass is 1300 g/mol. The second-order valence-corrected chi connectivity index (χ2v) is 23.6. The lowest BCUT2D eigenvalue weighted by Gasteiger charge is -2.26. The van der Waals surface area contributed by atoms with E-state index in [-0.39, 0.29) is 0 Å². The summed E-state index contributed by atoms with van der Waals surface area (Å²) in [5.74, 6) is 6.18. The van der Waals surface area contributed by atoms with E-state index in [1.165, 1.54) is 0 Å². The molecule has 0 unspecified atom stereocenters. The van der Waals surface area contributed by atoms with E-state index >= 15 is 0 Å². The number of methoxy groups -OCH3 is 8. The Morgan fingerprint density at radius 3 is 0.423 bits per heavy atom. The zero-order chi connectivity index (χ0) is 66.8. The Balaban J connectivity index is 1.02. The molecule has 0 amide bonds. The normalized spacial score (nSPS) is 10.9. The van der Waals surface area contributed by atoms with Crippen molar-refractivity contribution in [1.29, 1.82) is 0 Å². The van der Waals surface area contributed by atoms with E-state index in [0.29, 0.717) is 0 Å². The first-order valence-corrected chi connectivity index (χ1v) is 32.4. The predicted molar refractivity (Wildman–Crippen MR) is 397 cm³/mol. The van der Waals surface area contributed by atoms with Gasteiger partial charge in [0.1, 0.15) is 46.0 Å². The van der Waals surface area contributed by atoms with E-state index in [0.717, 1.165) is 157 Å². The van der Waals surface area contributed by atoms with Crippen molar-refractivity contribution in [2.24, 2.45) is 0 Å². The summed E-state index contributed by atoms with van der Waals surface area (Å²) in [5.41, 5.74) is 18.0. The zero-order valence-electron chi connectivity index (χ0n) is 55.2. The number of hydrogen-bond donors (Lipinski definition) is 0. The molecule has 0 aliphatic heterocycles. The van der Waals surface area contributed by atoms with Gasteiger partial charge in [-0.05, 0) is 265 Å². The quantitative estimate of drug-likeness (QED) is 0.0577. The highest BCUT2D eigenvalue weighted by Crippen LogP contribution is 2.54. The van der Waals surface area contributed by atoms with E-state index in [4.69, 9.17) is 37.9 Å². The molecule has 13 aromatic rings. The average Bonchev–Trinajstić information content (AvgIpc) is 1.62. The molecule has 13 rings (SSSR count). The zero-order valence-corrected chi connectivity index (χ0v) is 56.0. The van der Waals surface area contributed by atoms with Gasteiger partial charge in [0, 0.05) is 89.1 Å². The number of benzene rings is 12. The van der Waals surface area contributed by atoms with Crippen molar-refractivity contribution >= 4 is 79.6 Å². The summed E-state index contributed by atoms with van der Waals surface area (Å²) in [6.07, 6.45) is 0. The summed E-state index contributed by atoms with van der Waals surface area (Å²) in [7, 11) is 13.5. The van der Waals surface area contributed by atoms with Gasteiger partial charge in [-0.1, -0.05) is 48.5 Å². The third-order valence-electron chi connectivity index (χ3n) is 17.2. The number of hydrogen-bond acceptors (Lipinski definition) is 13. The summed E-state index contributed by atoms with van der Waals surface area (Å²) >= 11 is 1.78. The van der Waals surface area contributed by atoms with E-state index < -0.39 is 0 Å². The van der Waals surface area contributed by atoms with Crippen LogP contribution in [0.5, 0.6) is 46.0 Å². The fraction of sp³-hybridized carbons (Fsp3) is 0.0952. The van der Waals surface area contributed by atoms with Crippen molar-refractivity contribution in [1.82, 2.24) is 0 Å². The van der Waals surface area contributed by atoms with Crippen LogP contribution in [0.1, 0.15) is 0 Å². The molecule has 0 bridgehead atoms. The van der Waals surface area contributed by atoms with Crippen LogP contribution < -0.4 is 57.5 Å². The van der Waals surface area contributed by atoms with Gasteiger partial charge in [0.05, 0.1) is 56.9 Å². The fourth-order valence-electron chi connectivity index (χ4n) is 12.1. The molecule has 0 saturated heterocycles. The van der Waals surface area contributed by atoms with Gasteiger partial charge in [-0.2, -0.15) is 0 Å². The number of thiophene rings is 1. The van der Waals surface area contributed by atoms with Gasteiger partial charge in [-0.25, -0.2) is 0 Å². The van der Waals surface area contributed by atoms with Crippen LogP contribution in [-0.4, -0.2) is 56.9 Å². The summed E-state index contributed by atoms with van der Waals surface area (Å²) in [6.45, 7) is 0. The molecule has 482 valence electrons. The fourth-order valence-corrected chi connectivity index (χ4v) is 13.5. The van der Waals surface area contributed by atoms with Crippen LogP contribution in [-0.2, 0) is 0 Å². The second kappa shape index (κ2) is 29.1. The minimum atomic E-state index is 0.771. The topological polar surface area (TPSA) is 86.8 Å². The SMILES string of the molecule is COc1ccc(N(c2ccc(OC)cc2)c2ccc(-c3sc(-c4ccc(N(c5ccc(OC)cc5)c5ccc(OC)cc5)cc4)c(-c4ccc(N(c5ccc(OC)cc5)c5ccc(OC)cc5)cc4)c3-c3ccc(N(c4ccc(OC)cc4)c4ccc(OC)cc4)cc3)cc2)cc1. The van der Waals surface area contributed by atoms with Crippen molar-refractivity contribution < 1.29 is 37.9 Å². The molecule has 0 N–H and O–H groups in total. The smallest absolute Gasteiger partial charge is 0.119 e. The van der Waals surface area contributed by atoms with E-state index in [1.54, 1.807) is 68.2 Å². The summed E-state index contributed by atoms with van der Waals surface area (Å²) < 4.78 is 45.0. The van der Waals surface area contributed by atoms with Crippen molar-refractivity contribution in [2.45, 2.75) is 0 Å². The molecule has 1 heterocycles. The van der Waals surface area contributed by atoms with Crippen LogP contribution in [0.25, 0.3) is 43.1 Å². The van der Waals surface area contributed by atoms with Crippen LogP contribution in [0, 0.1) is 0 Å². The van der Waals surface area contributed by atoms with Crippen molar-refractivity contribution in [2.75, 3.05) is 76.5 Å². The Morgan fingerprint density at radius 2 is 0.289 bits per heavy atom. The molecular formula is C84H72N4O8S. The maximum atomic E-state index is 5.63. The average molecular weight is 1300 g/mol. The van der Waals surface area contributed by atoms with Crippen molar-refractivity contribution in [3.8, 4) is 89.1 Å². The van der Waals surface area contributed by atoms with Gasteiger partial charge < -0.3 is 57.5 Å². The minimum absolute atomic E-state index is 0.771. The molecule has 12 aromatic carbocycles. The van der Waals surface area contributed by atoms with Crippen LogP contribution in [0.2, 0.25) is 0 Å². The number of anilines is 12. The molecule has 1 aromatic heterocycles. The number of nitrogens with zero attached hydrogens (tertiary/aromatic N) is 4. The Hall–Kier alpha value is -12.1. The highest BCUT2D eigenvalue weighted by atomic mass is 32.1. The lowest BCUT2D eigenvalue weighted by Crippen LogP contribution is -2.10. The largest absolute Gasteiger partial charge is 0.497 e. The molecular weight excluding hydrogens is 1230 g/mol. The van der Waals surface area contributed by atoms with Crippen molar-refractivity contribution in [3.63, 3.8) is 0 Å². The number of rotatable bonds is 24. The van der Waals surface area contributed by atoms with Crippen molar-refractivity contribution in [3.05, 3.63) is 291 Å². The molecule has 0 radical (unpaired) electrons. The van der Waals surface area contributed by atoms with Crippen LogP contribution in [0.4, 0.5) is 68.2 Å². The second-order valence-electron chi connectivity index (χ2n) is 22.6. The van der Waals surface area contributed by atoms with Gasteiger partial charge in [0.25, 0.3) is 0 Å². The summed E-state index contributed by atoms with van der Waals surface area (Å²) in [4.78, 5) is 11.2. The van der Waals surface area contributed by atoms with Gasteiger partial charge in [-0.3, -0.25) is 0 Å². The predicted octanol–water partition coefficient (Wildman–Crippen LogP) is 22.4. The molecule has 0 saturated carbocycles. The van der Waals surface area contributed by atoms with Gasteiger partial charge >= 0.3 is 0 Å². The Bertz CT molecular complexity index is 4220. The molecule has 0 atom stereocenters. The Kier molecular flexibility index (Phi) is 19.1. The third-order valence-corrected chi connectivity index (χ3v) is 18.4. The maximum Gasteiger partial charge on any atom is 0.119 e. The Morgan fingerprint density at radius 1 is 0.165 bits per heavy atom. The molecule has 0 aliphatic rings. The molecule has 0 spiro atoms. The third kappa shape index (κ3) is 13.6.